The molecule has 0 spiro atoms. The SMILES string of the molecule is Cc1cc(NS(=O)(=O)c2cnc(C)[nH]2)c(C(=O)O)[nH]1. The smallest absolute Gasteiger partial charge is 0.354 e. The number of carboxylic acid groups (broad SMARTS) is 1. The summed E-state index contributed by atoms with van der Waals surface area (Å²) in [6.45, 7) is 3.24. The van der Waals surface area contributed by atoms with Gasteiger partial charge in [0, 0.05) is 5.69 Å². The van der Waals surface area contributed by atoms with Crippen LogP contribution < -0.4 is 4.72 Å². The minimum Gasteiger partial charge on any atom is -0.477 e. The number of imidazole rings is 1. The average Bonchev–Trinajstić information content (AvgIpc) is 2.85. The van der Waals surface area contributed by atoms with Crippen molar-refractivity contribution in [2.75, 3.05) is 4.72 Å². The molecule has 0 aliphatic rings. The highest BCUT2D eigenvalue weighted by Crippen LogP contribution is 2.20. The lowest BCUT2D eigenvalue weighted by Crippen LogP contribution is -2.15. The zero-order valence-electron chi connectivity index (χ0n) is 10.2. The van der Waals surface area contributed by atoms with Gasteiger partial charge >= 0.3 is 5.97 Å². The second-order valence-electron chi connectivity index (χ2n) is 3.98. The zero-order chi connectivity index (χ0) is 14.2. The van der Waals surface area contributed by atoms with Gasteiger partial charge in [-0.1, -0.05) is 0 Å². The number of aromatic nitrogens is 3. The predicted octanol–water partition coefficient (Wildman–Crippen LogP) is 0.854. The molecule has 102 valence electrons. The van der Waals surface area contributed by atoms with E-state index in [1.165, 1.54) is 6.07 Å². The lowest BCUT2D eigenvalue weighted by Gasteiger charge is -2.04. The maximum atomic E-state index is 12.0. The van der Waals surface area contributed by atoms with Crippen LogP contribution in [0.2, 0.25) is 0 Å². The van der Waals surface area contributed by atoms with Gasteiger partial charge in [-0.05, 0) is 19.9 Å². The van der Waals surface area contributed by atoms with Crippen molar-refractivity contribution >= 4 is 21.7 Å². The molecule has 0 saturated carbocycles. The number of aromatic carboxylic acids is 1. The third kappa shape index (κ3) is 2.60. The highest BCUT2D eigenvalue weighted by molar-refractivity contribution is 7.92. The third-order valence-electron chi connectivity index (χ3n) is 2.38. The van der Waals surface area contributed by atoms with Crippen LogP contribution in [0, 0.1) is 13.8 Å². The normalized spacial score (nSPS) is 11.5. The summed E-state index contributed by atoms with van der Waals surface area (Å²) in [5.74, 6) is -0.796. The number of carboxylic acids is 1. The van der Waals surface area contributed by atoms with Gasteiger partial charge in [0.25, 0.3) is 10.0 Å². The van der Waals surface area contributed by atoms with Gasteiger partial charge < -0.3 is 15.1 Å². The Balaban J connectivity index is 2.38. The number of aromatic amines is 2. The molecule has 0 amide bonds. The second kappa shape index (κ2) is 4.43. The summed E-state index contributed by atoms with van der Waals surface area (Å²) in [4.78, 5) is 19.9. The van der Waals surface area contributed by atoms with Gasteiger partial charge in [-0.2, -0.15) is 8.42 Å². The standard InChI is InChI=1S/C10H12N4O4S/c1-5-3-7(9(12-5)10(15)16)14-19(17,18)8-4-11-6(2)13-8/h3-4,12,14H,1-2H3,(H,11,13)(H,15,16). The van der Waals surface area contributed by atoms with Gasteiger partial charge in [0.2, 0.25) is 0 Å². The second-order valence-corrected chi connectivity index (χ2v) is 5.64. The fourth-order valence-electron chi connectivity index (χ4n) is 1.57. The summed E-state index contributed by atoms with van der Waals surface area (Å²) >= 11 is 0. The van der Waals surface area contributed by atoms with E-state index in [1.54, 1.807) is 13.8 Å². The number of hydrogen-bond acceptors (Lipinski definition) is 4. The number of sulfonamides is 1. The molecule has 2 rings (SSSR count). The molecule has 0 unspecified atom stereocenters. The van der Waals surface area contributed by atoms with Crippen molar-refractivity contribution in [2.24, 2.45) is 0 Å². The summed E-state index contributed by atoms with van der Waals surface area (Å²) in [6.07, 6.45) is 1.16. The van der Waals surface area contributed by atoms with Crippen LogP contribution in [0.4, 0.5) is 5.69 Å². The molecule has 0 aliphatic heterocycles. The molecule has 0 aromatic carbocycles. The average molecular weight is 284 g/mol. The third-order valence-corrected chi connectivity index (χ3v) is 3.65. The summed E-state index contributed by atoms with van der Waals surface area (Å²) in [5.41, 5.74) is 0.311. The predicted molar refractivity (Wildman–Crippen MR) is 66.6 cm³/mol. The molecule has 8 nitrogen and oxygen atoms in total. The quantitative estimate of drug-likeness (QED) is 0.661. The van der Waals surface area contributed by atoms with E-state index in [2.05, 4.69) is 19.7 Å². The van der Waals surface area contributed by atoms with E-state index < -0.39 is 16.0 Å². The maximum absolute atomic E-state index is 12.0. The molecule has 0 saturated heterocycles. The Labute approximate surface area is 108 Å². The van der Waals surface area contributed by atoms with E-state index in [0.717, 1.165) is 6.20 Å². The number of hydrogen-bond donors (Lipinski definition) is 4. The van der Waals surface area contributed by atoms with Crippen LogP contribution in [0.25, 0.3) is 0 Å². The molecule has 19 heavy (non-hydrogen) atoms. The topological polar surface area (TPSA) is 128 Å². The van der Waals surface area contributed by atoms with E-state index >= 15 is 0 Å². The first-order chi connectivity index (χ1) is 8.79. The molecule has 2 aromatic rings. The first-order valence-electron chi connectivity index (χ1n) is 5.27. The minimum absolute atomic E-state index is 0.0164. The summed E-state index contributed by atoms with van der Waals surface area (Å²) in [5, 5.41) is 8.84. The van der Waals surface area contributed by atoms with Crippen LogP contribution in [-0.2, 0) is 10.0 Å². The van der Waals surface area contributed by atoms with E-state index in [0.29, 0.717) is 11.5 Å². The molecule has 0 aliphatic carbocycles. The fourth-order valence-corrected chi connectivity index (χ4v) is 2.61. The monoisotopic (exact) mass is 284 g/mol. The van der Waals surface area contributed by atoms with Crippen molar-refractivity contribution in [1.29, 1.82) is 0 Å². The fraction of sp³-hybridized carbons (Fsp3) is 0.200. The highest BCUT2D eigenvalue weighted by atomic mass is 32.2. The molecule has 2 aromatic heterocycles. The number of nitrogens with one attached hydrogen (secondary N) is 3. The molecule has 2 heterocycles. The number of nitrogens with zero attached hydrogens (tertiary/aromatic N) is 1. The number of carbonyl (C=O) groups is 1. The Hall–Kier alpha value is -2.29. The Bertz CT molecular complexity index is 729. The van der Waals surface area contributed by atoms with Crippen molar-refractivity contribution in [1.82, 2.24) is 15.0 Å². The van der Waals surface area contributed by atoms with Crippen LogP contribution in [-0.4, -0.2) is 34.4 Å². The Morgan fingerprint density at radius 1 is 1.37 bits per heavy atom. The molecular weight excluding hydrogens is 272 g/mol. The van der Waals surface area contributed by atoms with Gasteiger partial charge in [-0.15, -0.1) is 0 Å². The molecule has 0 bridgehead atoms. The van der Waals surface area contributed by atoms with Crippen molar-refractivity contribution < 1.29 is 18.3 Å². The van der Waals surface area contributed by atoms with Gasteiger partial charge in [0.1, 0.15) is 11.5 Å². The number of rotatable bonds is 4. The van der Waals surface area contributed by atoms with E-state index in [4.69, 9.17) is 5.11 Å². The van der Waals surface area contributed by atoms with E-state index in [1.807, 2.05) is 0 Å². The number of H-pyrrole nitrogens is 2. The number of anilines is 1. The van der Waals surface area contributed by atoms with Crippen LogP contribution >= 0.6 is 0 Å². The maximum Gasteiger partial charge on any atom is 0.354 e. The van der Waals surface area contributed by atoms with Crippen LogP contribution in [0.1, 0.15) is 22.0 Å². The Kier molecular flexibility index (Phi) is 3.06. The Morgan fingerprint density at radius 2 is 2.05 bits per heavy atom. The Morgan fingerprint density at radius 3 is 2.58 bits per heavy atom. The molecule has 0 radical (unpaired) electrons. The van der Waals surface area contributed by atoms with Crippen LogP contribution in [0.3, 0.4) is 0 Å². The molecular formula is C10H12N4O4S. The van der Waals surface area contributed by atoms with Crippen molar-refractivity contribution in [3.63, 3.8) is 0 Å². The molecule has 0 fully saturated rings. The van der Waals surface area contributed by atoms with E-state index in [-0.39, 0.29) is 16.4 Å². The minimum atomic E-state index is -3.89. The van der Waals surface area contributed by atoms with Gasteiger partial charge in [-0.3, -0.25) is 4.72 Å². The lowest BCUT2D eigenvalue weighted by molar-refractivity contribution is 0.0692. The summed E-state index contributed by atoms with van der Waals surface area (Å²) < 4.78 is 26.2. The van der Waals surface area contributed by atoms with Gasteiger partial charge in [0.15, 0.2) is 5.03 Å². The van der Waals surface area contributed by atoms with Gasteiger partial charge in [-0.25, -0.2) is 9.78 Å². The van der Waals surface area contributed by atoms with Crippen molar-refractivity contribution in [2.45, 2.75) is 18.9 Å². The molecule has 9 heteroatoms. The van der Waals surface area contributed by atoms with Crippen LogP contribution in [0.5, 0.6) is 0 Å². The van der Waals surface area contributed by atoms with E-state index in [9.17, 15) is 13.2 Å². The molecule has 4 N–H and O–H groups in total. The lowest BCUT2D eigenvalue weighted by atomic mass is 10.4. The summed E-state index contributed by atoms with van der Waals surface area (Å²) in [7, 11) is -3.89. The van der Waals surface area contributed by atoms with Crippen LogP contribution in [0.15, 0.2) is 17.3 Å². The van der Waals surface area contributed by atoms with Gasteiger partial charge in [0.05, 0.1) is 11.9 Å². The highest BCUT2D eigenvalue weighted by Gasteiger charge is 2.21. The van der Waals surface area contributed by atoms with Crippen molar-refractivity contribution in [3.8, 4) is 0 Å². The first-order valence-corrected chi connectivity index (χ1v) is 6.75. The summed E-state index contributed by atoms with van der Waals surface area (Å²) in [6, 6.07) is 1.41. The molecule has 0 atom stereocenters. The largest absolute Gasteiger partial charge is 0.477 e. The zero-order valence-corrected chi connectivity index (χ0v) is 11.0. The number of aryl methyl sites for hydroxylation is 2. The van der Waals surface area contributed by atoms with Crippen molar-refractivity contribution in [3.05, 3.63) is 29.5 Å². The first kappa shape index (κ1) is 13.1.